The molecule has 0 aliphatic heterocycles. The van der Waals surface area contributed by atoms with Crippen LogP contribution in [0.3, 0.4) is 0 Å². The Balaban J connectivity index is 2.07. The SMILES string of the molecule is O=C(NN=Cc1ccccc1O)c1cc(Cl)cc(Cl)c1. The molecule has 0 aliphatic rings. The summed E-state index contributed by atoms with van der Waals surface area (Å²) in [7, 11) is 0. The maximum atomic E-state index is 11.8. The number of phenolic OH excluding ortho intramolecular Hbond substituents is 1. The van der Waals surface area contributed by atoms with Gasteiger partial charge in [-0.3, -0.25) is 4.79 Å². The molecule has 1 amide bonds. The zero-order valence-corrected chi connectivity index (χ0v) is 11.7. The number of amides is 1. The van der Waals surface area contributed by atoms with Crippen molar-refractivity contribution in [3.63, 3.8) is 0 Å². The number of hydrogen-bond donors (Lipinski definition) is 2. The second-order valence-corrected chi connectivity index (χ2v) is 4.79. The molecule has 2 N–H and O–H groups in total. The summed E-state index contributed by atoms with van der Waals surface area (Å²) in [6.07, 6.45) is 1.35. The van der Waals surface area contributed by atoms with Crippen molar-refractivity contribution >= 4 is 35.3 Å². The molecule has 0 radical (unpaired) electrons. The van der Waals surface area contributed by atoms with Crippen molar-refractivity contribution in [3.05, 3.63) is 63.6 Å². The molecule has 0 spiro atoms. The number of hydrazone groups is 1. The number of para-hydroxylation sites is 1. The highest BCUT2D eigenvalue weighted by atomic mass is 35.5. The third-order valence-electron chi connectivity index (χ3n) is 2.43. The van der Waals surface area contributed by atoms with Gasteiger partial charge in [-0.2, -0.15) is 5.10 Å². The van der Waals surface area contributed by atoms with Crippen molar-refractivity contribution < 1.29 is 9.90 Å². The molecule has 0 aliphatic carbocycles. The Labute approximate surface area is 125 Å². The van der Waals surface area contributed by atoms with E-state index in [1.165, 1.54) is 30.5 Å². The molecule has 2 aromatic rings. The monoisotopic (exact) mass is 308 g/mol. The summed E-state index contributed by atoms with van der Waals surface area (Å²) < 4.78 is 0. The van der Waals surface area contributed by atoms with E-state index < -0.39 is 5.91 Å². The third-order valence-corrected chi connectivity index (χ3v) is 2.87. The smallest absolute Gasteiger partial charge is 0.271 e. The van der Waals surface area contributed by atoms with E-state index in [0.29, 0.717) is 21.2 Å². The molecule has 2 rings (SSSR count). The Morgan fingerprint density at radius 3 is 2.45 bits per heavy atom. The minimum absolute atomic E-state index is 0.0799. The molecule has 0 saturated carbocycles. The zero-order valence-electron chi connectivity index (χ0n) is 10.2. The van der Waals surface area contributed by atoms with E-state index in [1.54, 1.807) is 18.2 Å². The predicted octanol–water partition coefficient (Wildman–Crippen LogP) is 3.46. The van der Waals surface area contributed by atoms with Gasteiger partial charge >= 0.3 is 0 Å². The highest BCUT2D eigenvalue weighted by Gasteiger charge is 2.06. The molecule has 2 aromatic carbocycles. The van der Waals surface area contributed by atoms with Crippen molar-refractivity contribution in [2.45, 2.75) is 0 Å². The topological polar surface area (TPSA) is 61.7 Å². The Morgan fingerprint density at radius 2 is 1.80 bits per heavy atom. The van der Waals surface area contributed by atoms with Crippen molar-refractivity contribution in [2.75, 3.05) is 0 Å². The molecule has 6 heteroatoms. The molecular formula is C14H10Cl2N2O2. The minimum Gasteiger partial charge on any atom is -0.507 e. The molecule has 0 fully saturated rings. The number of carbonyl (C=O) groups is 1. The van der Waals surface area contributed by atoms with Gasteiger partial charge < -0.3 is 5.11 Å². The van der Waals surface area contributed by atoms with Crippen LogP contribution in [0.1, 0.15) is 15.9 Å². The molecule has 0 heterocycles. The van der Waals surface area contributed by atoms with Gasteiger partial charge in [0, 0.05) is 21.2 Å². The lowest BCUT2D eigenvalue weighted by molar-refractivity contribution is 0.0955. The zero-order chi connectivity index (χ0) is 14.5. The molecule has 20 heavy (non-hydrogen) atoms. The molecule has 102 valence electrons. The normalized spacial score (nSPS) is 10.7. The van der Waals surface area contributed by atoms with E-state index in [-0.39, 0.29) is 5.75 Å². The van der Waals surface area contributed by atoms with E-state index in [1.807, 2.05) is 0 Å². The lowest BCUT2D eigenvalue weighted by atomic mass is 10.2. The number of carbonyl (C=O) groups excluding carboxylic acids is 1. The quantitative estimate of drug-likeness (QED) is 0.674. The molecular weight excluding hydrogens is 299 g/mol. The number of aromatic hydroxyl groups is 1. The van der Waals surface area contributed by atoms with Gasteiger partial charge in [-0.25, -0.2) is 5.43 Å². The first-order valence-electron chi connectivity index (χ1n) is 5.64. The molecule has 4 nitrogen and oxygen atoms in total. The predicted molar refractivity (Wildman–Crippen MR) is 79.6 cm³/mol. The highest BCUT2D eigenvalue weighted by molar-refractivity contribution is 6.35. The Kier molecular flexibility index (Phi) is 4.61. The molecule has 0 unspecified atom stereocenters. The lowest BCUT2D eigenvalue weighted by Crippen LogP contribution is -2.17. The van der Waals surface area contributed by atoms with Gasteiger partial charge in [0.25, 0.3) is 5.91 Å². The fourth-order valence-corrected chi connectivity index (χ4v) is 2.03. The van der Waals surface area contributed by atoms with Crippen LogP contribution in [0.2, 0.25) is 10.0 Å². The number of halogens is 2. The first-order valence-corrected chi connectivity index (χ1v) is 6.39. The Hall–Kier alpha value is -2.04. The number of phenols is 1. The molecule has 0 atom stereocenters. The van der Waals surface area contributed by atoms with Gasteiger partial charge in [-0.15, -0.1) is 0 Å². The number of hydrogen-bond acceptors (Lipinski definition) is 3. The van der Waals surface area contributed by atoms with Gasteiger partial charge in [0.1, 0.15) is 5.75 Å². The molecule has 0 aromatic heterocycles. The standard InChI is InChI=1S/C14H10Cl2N2O2/c15-11-5-10(6-12(16)7-11)14(20)18-17-8-9-3-1-2-4-13(9)19/h1-8,19H,(H,18,20). The van der Waals surface area contributed by atoms with Crippen LogP contribution in [-0.4, -0.2) is 17.2 Å². The second-order valence-electron chi connectivity index (χ2n) is 3.92. The maximum Gasteiger partial charge on any atom is 0.271 e. The highest BCUT2D eigenvalue weighted by Crippen LogP contribution is 2.19. The summed E-state index contributed by atoms with van der Waals surface area (Å²) in [6.45, 7) is 0. The second kappa shape index (κ2) is 6.41. The first kappa shape index (κ1) is 14.4. The third kappa shape index (κ3) is 3.73. The van der Waals surface area contributed by atoms with Crippen LogP contribution in [0.15, 0.2) is 47.6 Å². The van der Waals surface area contributed by atoms with Crippen LogP contribution >= 0.6 is 23.2 Å². The van der Waals surface area contributed by atoms with E-state index in [4.69, 9.17) is 23.2 Å². The van der Waals surface area contributed by atoms with Crippen LogP contribution < -0.4 is 5.43 Å². The molecule has 0 bridgehead atoms. The number of rotatable bonds is 3. The number of nitrogens with zero attached hydrogens (tertiary/aromatic N) is 1. The molecule has 0 saturated heterocycles. The van der Waals surface area contributed by atoms with Crippen molar-refractivity contribution in [2.24, 2.45) is 5.10 Å². The van der Waals surface area contributed by atoms with Gasteiger partial charge in [0.15, 0.2) is 0 Å². The maximum absolute atomic E-state index is 11.8. The summed E-state index contributed by atoms with van der Waals surface area (Å²) in [4.78, 5) is 11.8. The van der Waals surface area contributed by atoms with Crippen molar-refractivity contribution in [3.8, 4) is 5.75 Å². The van der Waals surface area contributed by atoms with E-state index in [9.17, 15) is 9.90 Å². The summed E-state index contributed by atoms with van der Waals surface area (Å²) in [6, 6.07) is 11.1. The van der Waals surface area contributed by atoms with Gasteiger partial charge in [-0.05, 0) is 30.3 Å². The van der Waals surface area contributed by atoms with Crippen LogP contribution in [-0.2, 0) is 0 Å². The number of benzene rings is 2. The van der Waals surface area contributed by atoms with Gasteiger partial charge in [-0.1, -0.05) is 35.3 Å². The van der Waals surface area contributed by atoms with Crippen LogP contribution in [0.5, 0.6) is 5.75 Å². The average molecular weight is 309 g/mol. The summed E-state index contributed by atoms with van der Waals surface area (Å²) in [5, 5.41) is 14.0. The van der Waals surface area contributed by atoms with E-state index in [2.05, 4.69) is 10.5 Å². The lowest BCUT2D eigenvalue weighted by Gasteiger charge is -2.02. The minimum atomic E-state index is -0.443. The van der Waals surface area contributed by atoms with Crippen LogP contribution in [0.4, 0.5) is 0 Å². The van der Waals surface area contributed by atoms with E-state index in [0.717, 1.165) is 0 Å². The largest absolute Gasteiger partial charge is 0.507 e. The van der Waals surface area contributed by atoms with Gasteiger partial charge in [0.2, 0.25) is 0 Å². The van der Waals surface area contributed by atoms with Crippen molar-refractivity contribution in [1.29, 1.82) is 0 Å². The number of nitrogens with one attached hydrogen (secondary N) is 1. The summed E-state index contributed by atoms with van der Waals surface area (Å²) in [5.74, 6) is -0.364. The summed E-state index contributed by atoms with van der Waals surface area (Å²) >= 11 is 11.6. The first-order chi connectivity index (χ1) is 9.56. The fraction of sp³-hybridized carbons (Fsp3) is 0. The van der Waals surface area contributed by atoms with Crippen LogP contribution in [0.25, 0.3) is 0 Å². The fourth-order valence-electron chi connectivity index (χ4n) is 1.51. The van der Waals surface area contributed by atoms with Crippen molar-refractivity contribution in [1.82, 2.24) is 5.43 Å². The van der Waals surface area contributed by atoms with Gasteiger partial charge in [0.05, 0.1) is 6.21 Å². The average Bonchev–Trinajstić information content (AvgIpc) is 2.39. The summed E-state index contributed by atoms with van der Waals surface area (Å²) in [5.41, 5.74) is 3.13. The Morgan fingerprint density at radius 1 is 1.15 bits per heavy atom. The van der Waals surface area contributed by atoms with E-state index >= 15 is 0 Å². The van der Waals surface area contributed by atoms with Crippen LogP contribution in [0, 0.1) is 0 Å². The Bertz CT molecular complexity index is 652.